The molecule has 4 heterocycles. The van der Waals surface area contributed by atoms with Crippen LogP contribution in [-0.4, -0.2) is 37.2 Å². The summed E-state index contributed by atoms with van der Waals surface area (Å²) in [6.45, 7) is 1.82. The van der Waals surface area contributed by atoms with Crippen LogP contribution in [0.3, 0.4) is 0 Å². The molecule has 4 aromatic heterocycles. The van der Waals surface area contributed by atoms with Crippen molar-refractivity contribution in [2.45, 2.75) is 6.92 Å². The Bertz CT molecular complexity index is 1180. The second-order valence-electron chi connectivity index (χ2n) is 5.50. The van der Waals surface area contributed by atoms with E-state index in [1.54, 1.807) is 31.3 Å². The number of carbonyl (C=O) groups excluding carboxylic acids is 1. The molecule has 10 heteroatoms. The Hall–Kier alpha value is -4.13. The van der Waals surface area contributed by atoms with Crippen LogP contribution in [0.5, 0.6) is 0 Å². The van der Waals surface area contributed by atoms with Crippen molar-refractivity contribution in [2.24, 2.45) is 0 Å². The van der Waals surface area contributed by atoms with E-state index in [4.69, 9.17) is 14.7 Å². The summed E-state index contributed by atoms with van der Waals surface area (Å²) in [6, 6.07) is 5.03. The van der Waals surface area contributed by atoms with E-state index in [-0.39, 0.29) is 24.0 Å². The molecule has 1 amide bonds. The van der Waals surface area contributed by atoms with E-state index in [1.807, 2.05) is 0 Å². The maximum atomic E-state index is 11.8. The summed E-state index contributed by atoms with van der Waals surface area (Å²) in [5.74, 6) is 6.91. The molecule has 0 aliphatic rings. The van der Waals surface area contributed by atoms with Gasteiger partial charge in [-0.2, -0.15) is 0 Å². The number of nitrogens with one attached hydrogen (secondary N) is 1. The average molecular weight is 363 g/mol. The third kappa shape index (κ3) is 3.34. The van der Waals surface area contributed by atoms with Crippen LogP contribution in [0, 0.1) is 18.8 Å². The summed E-state index contributed by atoms with van der Waals surface area (Å²) in [6.07, 6.45) is 3.13. The minimum Gasteiger partial charge on any atom is -0.461 e. The molecular weight excluding hydrogens is 350 g/mol. The smallest absolute Gasteiger partial charge is 0.274 e. The number of aryl methyl sites for hydroxylation is 1. The van der Waals surface area contributed by atoms with Crippen LogP contribution < -0.4 is 11.1 Å². The maximum Gasteiger partial charge on any atom is 0.274 e. The summed E-state index contributed by atoms with van der Waals surface area (Å²) < 4.78 is 11.6. The largest absolute Gasteiger partial charge is 0.461 e. The Morgan fingerprint density at radius 2 is 2.30 bits per heavy atom. The van der Waals surface area contributed by atoms with Crippen molar-refractivity contribution >= 4 is 17.4 Å². The molecule has 0 spiro atoms. The number of amides is 1. The first-order chi connectivity index (χ1) is 13.1. The number of aromatic nitrogens is 5. The molecule has 0 fully saturated rings. The van der Waals surface area contributed by atoms with E-state index in [9.17, 15) is 4.79 Å². The highest BCUT2D eigenvalue weighted by Crippen LogP contribution is 2.18. The van der Waals surface area contributed by atoms with Crippen molar-refractivity contribution in [2.75, 3.05) is 12.3 Å². The molecule has 0 radical (unpaired) electrons. The Morgan fingerprint density at radius 3 is 3.04 bits per heavy atom. The van der Waals surface area contributed by atoms with Crippen molar-refractivity contribution in [1.82, 2.24) is 30.1 Å². The molecule has 0 aliphatic heterocycles. The van der Waals surface area contributed by atoms with Gasteiger partial charge in [0, 0.05) is 6.07 Å². The fraction of sp³-hybridized carbons (Fsp3) is 0.118. The number of nitrogens with two attached hydrogens (primary N) is 1. The molecule has 134 valence electrons. The predicted molar refractivity (Wildman–Crippen MR) is 93.3 cm³/mol. The number of carbonyl (C=O) groups is 1. The van der Waals surface area contributed by atoms with Crippen LogP contribution >= 0.6 is 0 Å². The molecule has 0 saturated heterocycles. The summed E-state index contributed by atoms with van der Waals surface area (Å²) in [5, 5.41) is 10.6. The van der Waals surface area contributed by atoms with E-state index < -0.39 is 0 Å². The van der Waals surface area contributed by atoms with Gasteiger partial charge in [-0.25, -0.2) is 14.5 Å². The maximum absolute atomic E-state index is 11.8. The van der Waals surface area contributed by atoms with E-state index in [0.29, 0.717) is 28.7 Å². The van der Waals surface area contributed by atoms with Gasteiger partial charge in [-0.15, -0.1) is 5.10 Å². The first-order valence-electron chi connectivity index (χ1n) is 7.87. The molecular formula is C17H13N7O3. The van der Waals surface area contributed by atoms with Crippen LogP contribution in [0.25, 0.3) is 17.2 Å². The minimum absolute atomic E-state index is 0.110. The van der Waals surface area contributed by atoms with Crippen LogP contribution in [0.15, 0.2) is 39.6 Å². The molecule has 0 aromatic carbocycles. The highest BCUT2D eigenvalue weighted by Gasteiger charge is 2.12. The van der Waals surface area contributed by atoms with E-state index in [2.05, 4.69) is 37.4 Å². The standard InChI is InChI=1S/C17H13N7O3/c1-10-8-12(23-27-10)17(25)19-6-2-4-11-9-24-16(14(18)20-11)21-15(22-24)13-5-3-7-26-13/h3,5,7-9H,6H2,1H3,(H2,18,20)(H,19,25). The Morgan fingerprint density at radius 1 is 1.41 bits per heavy atom. The van der Waals surface area contributed by atoms with E-state index in [1.165, 1.54) is 10.8 Å². The number of rotatable bonds is 3. The molecule has 3 N–H and O–H groups in total. The predicted octanol–water partition coefficient (Wildman–Crippen LogP) is 1.04. The highest BCUT2D eigenvalue weighted by molar-refractivity contribution is 5.92. The van der Waals surface area contributed by atoms with Gasteiger partial charge in [0.15, 0.2) is 22.9 Å². The van der Waals surface area contributed by atoms with E-state index in [0.717, 1.165) is 0 Å². The topological polar surface area (TPSA) is 137 Å². The summed E-state index contributed by atoms with van der Waals surface area (Å²) in [5.41, 5.74) is 6.93. The van der Waals surface area contributed by atoms with Gasteiger partial charge >= 0.3 is 0 Å². The number of furan rings is 1. The van der Waals surface area contributed by atoms with Crippen LogP contribution in [-0.2, 0) is 0 Å². The number of nitrogen functional groups attached to an aromatic ring is 1. The van der Waals surface area contributed by atoms with Crippen LogP contribution in [0.4, 0.5) is 5.82 Å². The lowest BCUT2D eigenvalue weighted by atomic mass is 10.3. The normalized spacial score (nSPS) is 10.6. The van der Waals surface area contributed by atoms with Crippen molar-refractivity contribution in [3.8, 4) is 23.4 Å². The average Bonchev–Trinajstić information content (AvgIpc) is 3.38. The van der Waals surface area contributed by atoms with Gasteiger partial charge in [0.05, 0.1) is 19.0 Å². The van der Waals surface area contributed by atoms with Crippen molar-refractivity contribution < 1.29 is 13.7 Å². The highest BCUT2D eigenvalue weighted by atomic mass is 16.5. The molecule has 4 aromatic rings. The summed E-state index contributed by atoms with van der Waals surface area (Å²) >= 11 is 0. The SMILES string of the molecule is Cc1cc(C(=O)NCC#Cc2cn3nc(-c4ccco4)nc3c(N)n2)no1. The Balaban J connectivity index is 1.49. The lowest BCUT2D eigenvalue weighted by Crippen LogP contribution is -2.23. The van der Waals surface area contributed by atoms with Gasteiger partial charge in [0.25, 0.3) is 5.91 Å². The number of anilines is 1. The lowest BCUT2D eigenvalue weighted by molar-refractivity contribution is 0.0949. The van der Waals surface area contributed by atoms with Crippen LogP contribution in [0.1, 0.15) is 21.9 Å². The van der Waals surface area contributed by atoms with Gasteiger partial charge in [-0.05, 0) is 25.0 Å². The Labute approximate surface area is 152 Å². The number of hydrogen-bond acceptors (Lipinski definition) is 8. The van der Waals surface area contributed by atoms with Crippen molar-refractivity contribution in [1.29, 1.82) is 0 Å². The summed E-state index contributed by atoms with van der Waals surface area (Å²) in [4.78, 5) is 20.3. The van der Waals surface area contributed by atoms with Gasteiger partial charge in [-0.3, -0.25) is 4.79 Å². The lowest BCUT2D eigenvalue weighted by Gasteiger charge is -1.97. The molecule has 0 aliphatic carbocycles. The van der Waals surface area contributed by atoms with Gasteiger partial charge in [0.1, 0.15) is 11.5 Å². The quantitative estimate of drug-likeness (QED) is 0.515. The molecule has 0 unspecified atom stereocenters. The monoisotopic (exact) mass is 363 g/mol. The molecule has 0 bridgehead atoms. The molecule has 0 saturated carbocycles. The zero-order valence-electron chi connectivity index (χ0n) is 14.1. The second-order valence-corrected chi connectivity index (χ2v) is 5.50. The van der Waals surface area contributed by atoms with Gasteiger partial charge < -0.3 is 20.0 Å². The van der Waals surface area contributed by atoms with Crippen molar-refractivity contribution in [3.63, 3.8) is 0 Å². The van der Waals surface area contributed by atoms with Gasteiger partial charge in [0.2, 0.25) is 5.82 Å². The van der Waals surface area contributed by atoms with Crippen LogP contribution in [0.2, 0.25) is 0 Å². The fourth-order valence-corrected chi connectivity index (χ4v) is 2.31. The summed E-state index contributed by atoms with van der Waals surface area (Å²) in [7, 11) is 0. The van der Waals surface area contributed by atoms with Gasteiger partial charge in [-0.1, -0.05) is 11.1 Å². The number of hydrogen-bond donors (Lipinski definition) is 2. The zero-order chi connectivity index (χ0) is 18.8. The molecule has 27 heavy (non-hydrogen) atoms. The van der Waals surface area contributed by atoms with E-state index >= 15 is 0 Å². The first-order valence-corrected chi connectivity index (χ1v) is 7.87. The number of fused-ring (bicyclic) bond motifs is 1. The number of nitrogens with zero attached hydrogens (tertiary/aromatic N) is 5. The zero-order valence-corrected chi connectivity index (χ0v) is 14.1. The fourth-order valence-electron chi connectivity index (χ4n) is 2.31. The third-order valence-corrected chi connectivity index (χ3v) is 3.50. The first kappa shape index (κ1) is 16.3. The molecule has 10 nitrogen and oxygen atoms in total. The third-order valence-electron chi connectivity index (χ3n) is 3.50. The minimum atomic E-state index is -0.372. The molecule has 0 atom stereocenters. The molecule has 4 rings (SSSR count). The van der Waals surface area contributed by atoms with Crippen molar-refractivity contribution in [3.05, 3.63) is 47.8 Å². The Kier molecular flexibility index (Phi) is 4.02. The second kappa shape index (κ2) is 6.64.